The van der Waals surface area contributed by atoms with Gasteiger partial charge in [-0.1, -0.05) is 84.9 Å². The summed E-state index contributed by atoms with van der Waals surface area (Å²) in [5, 5.41) is 4.97. The summed E-state index contributed by atoms with van der Waals surface area (Å²) in [6, 6.07) is 56.3. The third-order valence-electron chi connectivity index (χ3n) is 10.4. The fourth-order valence-corrected chi connectivity index (χ4v) is 9.42. The van der Waals surface area contributed by atoms with Gasteiger partial charge < -0.3 is 4.57 Å². The topological polar surface area (TPSA) is 44.5 Å². The predicted molar refractivity (Wildman–Crippen MR) is 212 cm³/mol. The molecule has 7 aromatic carbocycles. The number of rotatable bonds is 2. The van der Waals surface area contributed by atoms with Crippen LogP contribution in [0.2, 0.25) is 0 Å². The number of hydrogen-bond donors (Lipinski definition) is 0. The molecule has 0 radical (unpaired) electrons. The molecule has 0 atom stereocenters. The highest BCUT2D eigenvalue weighted by atomic mass is 32.1. The number of imidazole rings is 2. The standard InChI is InChI=1S/C44H26N6S/c1-5-17-34-28(12-1)29-13-2-6-18-35(29)47(34)27-24-25-41-31(26-27)30-14-11-23-40(42(30)51-41)50-43-45-32-15-3-7-19-36(32)48(43)38-21-9-10-22-39(38)49-37-20-8-4-16-33(37)46-44(49)50/h1-26H. The van der Waals surface area contributed by atoms with Crippen LogP contribution in [-0.4, -0.2) is 27.9 Å². The molecule has 5 aromatic heterocycles. The zero-order valence-corrected chi connectivity index (χ0v) is 27.9. The highest BCUT2D eigenvalue weighted by Gasteiger charge is 2.21. The highest BCUT2D eigenvalue weighted by Crippen LogP contribution is 2.41. The molecule has 6 nitrogen and oxygen atoms in total. The first kappa shape index (κ1) is 27.2. The number of benzene rings is 7. The molecular weight excluding hydrogens is 645 g/mol. The lowest BCUT2D eigenvalue weighted by Crippen LogP contribution is -2.02. The van der Waals surface area contributed by atoms with E-state index in [0.29, 0.717) is 0 Å². The van der Waals surface area contributed by atoms with E-state index in [0.717, 1.165) is 56.0 Å². The van der Waals surface area contributed by atoms with Crippen molar-refractivity contribution < 1.29 is 0 Å². The van der Waals surface area contributed by atoms with Crippen molar-refractivity contribution in [3.05, 3.63) is 158 Å². The quantitative estimate of drug-likeness (QED) is 0.184. The van der Waals surface area contributed by atoms with Gasteiger partial charge in [0.1, 0.15) is 0 Å². The van der Waals surface area contributed by atoms with Crippen LogP contribution in [-0.2, 0) is 0 Å². The van der Waals surface area contributed by atoms with Crippen LogP contribution in [0.25, 0.3) is 98.0 Å². The molecule has 12 rings (SSSR count). The minimum atomic E-state index is 0.814. The summed E-state index contributed by atoms with van der Waals surface area (Å²) in [6.45, 7) is 0. The average Bonchev–Trinajstić information content (AvgIpc) is 3.93. The predicted octanol–water partition coefficient (Wildman–Crippen LogP) is 11.3. The molecule has 0 saturated carbocycles. The molecule has 0 bridgehead atoms. The highest BCUT2D eigenvalue weighted by molar-refractivity contribution is 7.26. The minimum Gasteiger partial charge on any atom is -0.309 e. The summed E-state index contributed by atoms with van der Waals surface area (Å²) in [6.07, 6.45) is 0. The monoisotopic (exact) mass is 670 g/mol. The molecule has 238 valence electrons. The average molecular weight is 671 g/mol. The molecule has 7 heteroatoms. The zero-order chi connectivity index (χ0) is 33.2. The van der Waals surface area contributed by atoms with Gasteiger partial charge in [-0.25, -0.2) is 14.5 Å². The smallest absolute Gasteiger partial charge is 0.223 e. The van der Waals surface area contributed by atoms with Crippen LogP contribution in [0, 0.1) is 0 Å². The summed E-state index contributed by atoms with van der Waals surface area (Å²) in [5.74, 6) is 1.63. The molecule has 12 aromatic rings. The molecule has 0 saturated heterocycles. The molecule has 0 fully saturated rings. The fraction of sp³-hybridized carbons (Fsp3) is 0. The van der Waals surface area contributed by atoms with Gasteiger partial charge >= 0.3 is 0 Å². The molecule has 0 unspecified atom stereocenters. The number of hydrogen-bond acceptors (Lipinski definition) is 3. The van der Waals surface area contributed by atoms with Crippen LogP contribution in [0.4, 0.5) is 0 Å². The summed E-state index contributed by atoms with van der Waals surface area (Å²) in [4.78, 5) is 10.7. The number of para-hydroxylation sites is 8. The summed E-state index contributed by atoms with van der Waals surface area (Å²) < 4.78 is 11.7. The van der Waals surface area contributed by atoms with E-state index in [1.54, 1.807) is 0 Å². The van der Waals surface area contributed by atoms with E-state index in [1.807, 2.05) is 11.3 Å². The van der Waals surface area contributed by atoms with E-state index >= 15 is 0 Å². The molecule has 0 amide bonds. The van der Waals surface area contributed by atoms with Crippen molar-refractivity contribution in [1.29, 1.82) is 0 Å². The third kappa shape index (κ3) is 3.60. The van der Waals surface area contributed by atoms with Gasteiger partial charge in [-0.2, -0.15) is 0 Å². The maximum Gasteiger partial charge on any atom is 0.223 e. The third-order valence-corrected chi connectivity index (χ3v) is 11.6. The van der Waals surface area contributed by atoms with Gasteiger partial charge in [-0.15, -0.1) is 11.3 Å². The first-order valence-electron chi connectivity index (χ1n) is 17.1. The summed E-state index contributed by atoms with van der Waals surface area (Å²) in [7, 11) is 0. The van der Waals surface area contributed by atoms with Crippen LogP contribution in [0.15, 0.2) is 158 Å². The van der Waals surface area contributed by atoms with Crippen LogP contribution < -0.4 is 0 Å². The molecule has 51 heavy (non-hydrogen) atoms. The Balaban J connectivity index is 1.23. The second-order valence-electron chi connectivity index (χ2n) is 13.1. The number of aromatic nitrogens is 6. The Morgan fingerprint density at radius 1 is 0.392 bits per heavy atom. The van der Waals surface area contributed by atoms with Crippen LogP contribution in [0.3, 0.4) is 0 Å². The van der Waals surface area contributed by atoms with Crippen molar-refractivity contribution in [3.63, 3.8) is 0 Å². The van der Waals surface area contributed by atoms with E-state index in [2.05, 4.69) is 176 Å². The van der Waals surface area contributed by atoms with Crippen molar-refractivity contribution >= 4 is 98.0 Å². The minimum absolute atomic E-state index is 0.814. The van der Waals surface area contributed by atoms with Gasteiger partial charge in [0.25, 0.3) is 0 Å². The van der Waals surface area contributed by atoms with Gasteiger partial charge in [-0.05, 0) is 72.8 Å². The molecule has 0 spiro atoms. The molecule has 5 heterocycles. The van der Waals surface area contributed by atoms with Gasteiger partial charge in [0.15, 0.2) is 0 Å². The fourth-order valence-electron chi connectivity index (χ4n) is 8.24. The van der Waals surface area contributed by atoms with E-state index in [-0.39, 0.29) is 0 Å². The number of thiophene rings is 1. The SMILES string of the molecule is c1ccc2c(c1)nc1n(-c3cccc4c3sc3ccc(-n5c6ccccc6c6ccccc65)cc34)c3nc4ccccc4n3c3ccccc3n21. The van der Waals surface area contributed by atoms with Crippen molar-refractivity contribution in [2.75, 3.05) is 0 Å². The van der Waals surface area contributed by atoms with Crippen molar-refractivity contribution in [2.45, 2.75) is 0 Å². The number of nitrogens with zero attached hydrogens (tertiary/aromatic N) is 6. The van der Waals surface area contributed by atoms with Gasteiger partial charge in [0, 0.05) is 31.9 Å². The summed E-state index contributed by atoms with van der Waals surface area (Å²) >= 11 is 1.82. The summed E-state index contributed by atoms with van der Waals surface area (Å²) in [5.41, 5.74) is 10.7. The Bertz CT molecular complexity index is 3280. The lowest BCUT2D eigenvalue weighted by atomic mass is 10.1. The van der Waals surface area contributed by atoms with Crippen LogP contribution >= 0.6 is 11.3 Å². The van der Waals surface area contributed by atoms with Gasteiger partial charge in [0.05, 0.1) is 54.5 Å². The van der Waals surface area contributed by atoms with E-state index in [9.17, 15) is 0 Å². The second-order valence-corrected chi connectivity index (χ2v) is 14.2. The van der Waals surface area contributed by atoms with Crippen molar-refractivity contribution in [3.8, 4) is 11.4 Å². The second kappa shape index (κ2) is 9.94. The Morgan fingerprint density at radius 3 is 1.51 bits per heavy atom. The normalized spacial score (nSPS) is 12.3. The van der Waals surface area contributed by atoms with E-state index < -0.39 is 0 Å². The van der Waals surface area contributed by atoms with Crippen LogP contribution in [0.1, 0.15) is 0 Å². The molecule has 0 aliphatic heterocycles. The lowest BCUT2D eigenvalue weighted by Gasteiger charge is -2.09. The Kier molecular flexibility index (Phi) is 5.29. The maximum atomic E-state index is 5.34. The van der Waals surface area contributed by atoms with E-state index in [4.69, 9.17) is 9.97 Å². The largest absolute Gasteiger partial charge is 0.309 e. The molecule has 0 aliphatic carbocycles. The Morgan fingerprint density at radius 2 is 0.902 bits per heavy atom. The Hall–Kier alpha value is -6.70. The van der Waals surface area contributed by atoms with Gasteiger partial charge in [-0.3, -0.25) is 8.80 Å². The van der Waals surface area contributed by atoms with Gasteiger partial charge in [0.2, 0.25) is 11.6 Å². The Labute approximate surface area is 293 Å². The molecule has 0 aliphatic rings. The first-order valence-corrected chi connectivity index (χ1v) is 17.9. The van der Waals surface area contributed by atoms with E-state index in [1.165, 1.54) is 42.0 Å². The number of fused-ring (bicyclic) bond motifs is 15. The van der Waals surface area contributed by atoms with Crippen molar-refractivity contribution in [2.24, 2.45) is 0 Å². The van der Waals surface area contributed by atoms with Crippen LogP contribution in [0.5, 0.6) is 0 Å². The molecule has 0 N–H and O–H groups in total. The lowest BCUT2D eigenvalue weighted by molar-refractivity contribution is 1.04. The zero-order valence-electron chi connectivity index (χ0n) is 27.1. The molecular formula is C44H26N6S. The maximum absolute atomic E-state index is 5.34. The van der Waals surface area contributed by atoms with Crippen molar-refractivity contribution in [1.82, 2.24) is 27.9 Å². The first-order chi connectivity index (χ1) is 25.3.